The lowest BCUT2D eigenvalue weighted by Crippen LogP contribution is -1.92. The fraction of sp³-hybridized carbons (Fsp3) is 0.0667. The average Bonchev–Trinajstić information content (AvgIpc) is 2.83. The molecule has 19 heavy (non-hydrogen) atoms. The first-order valence-corrected chi connectivity index (χ1v) is 6.03. The molecular weight excluding hydrogens is 238 g/mol. The Hall–Kier alpha value is -2.62. The van der Waals surface area contributed by atoms with Crippen LogP contribution in [-0.2, 0) is 0 Å². The molecule has 0 amide bonds. The first-order chi connectivity index (χ1) is 9.33. The van der Waals surface area contributed by atoms with Crippen molar-refractivity contribution in [1.29, 1.82) is 0 Å². The number of aromatic nitrogens is 1. The molecule has 1 N–H and O–H groups in total. The van der Waals surface area contributed by atoms with E-state index in [4.69, 9.17) is 4.42 Å². The van der Waals surface area contributed by atoms with E-state index in [1.54, 1.807) is 6.21 Å². The van der Waals surface area contributed by atoms with E-state index < -0.39 is 0 Å². The van der Waals surface area contributed by atoms with Gasteiger partial charge in [0.25, 0.3) is 0 Å². The van der Waals surface area contributed by atoms with E-state index in [-0.39, 0.29) is 0 Å². The molecule has 2 aromatic carbocycles. The van der Waals surface area contributed by atoms with Gasteiger partial charge in [-0.05, 0) is 30.2 Å². The molecule has 0 saturated heterocycles. The molecule has 0 bridgehead atoms. The van der Waals surface area contributed by atoms with Crippen molar-refractivity contribution in [1.82, 2.24) is 4.98 Å². The monoisotopic (exact) mass is 251 g/mol. The Labute approximate surface area is 110 Å². The molecule has 0 radical (unpaired) electrons. The summed E-state index contributed by atoms with van der Waals surface area (Å²) in [7, 11) is 0. The van der Waals surface area contributed by atoms with Gasteiger partial charge in [0.05, 0.1) is 6.21 Å². The summed E-state index contributed by atoms with van der Waals surface area (Å²) >= 11 is 0. The Morgan fingerprint density at radius 2 is 1.89 bits per heavy atom. The molecule has 1 aromatic heterocycles. The van der Waals surface area contributed by atoms with Crippen molar-refractivity contribution in [2.24, 2.45) is 5.10 Å². The van der Waals surface area contributed by atoms with Crippen molar-refractivity contribution in [2.75, 3.05) is 5.43 Å². The van der Waals surface area contributed by atoms with Crippen LogP contribution >= 0.6 is 0 Å². The Morgan fingerprint density at radius 1 is 1.11 bits per heavy atom. The molecule has 3 rings (SSSR count). The molecule has 94 valence electrons. The van der Waals surface area contributed by atoms with Gasteiger partial charge in [0.1, 0.15) is 5.52 Å². The number of para-hydroxylation sites is 2. The van der Waals surface area contributed by atoms with E-state index in [9.17, 15) is 0 Å². The lowest BCUT2D eigenvalue weighted by Gasteiger charge is -1.97. The molecule has 0 unspecified atom stereocenters. The van der Waals surface area contributed by atoms with E-state index >= 15 is 0 Å². The number of aryl methyl sites for hydroxylation is 1. The molecule has 3 aromatic rings. The second-order valence-corrected chi connectivity index (χ2v) is 4.21. The van der Waals surface area contributed by atoms with Gasteiger partial charge in [-0.15, -0.1) is 0 Å². The van der Waals surface area contributed by atoms with Crippen LogP contribution in [0.15, 0.2) is 58.0 Å². The zero-order chi connectivity index (χ0) is 13.1. The SMILES string of the molecule is Cc1ccccc1/C=N/Nc1nc2ccccc2o1. The van der Waals surface area contributed by atoms with Crippen molar-refractivity contribution >= 4 is 23.3 Å². The molecule has 4 nitrogen and oxygen atoms in total. The molecule has 0 saturated carbocycles. The fourth-order valence-electron chi connectivity index (χ4n) is 1.81. The van der Waals surface area contributed by atoms with Crippen molar-refractivity contribution in [3.05, 3.63) is 59.7 Å². The minimum Gasteiger partial charge on any atom is -0.422 e. The second-order valence-electron chi connectivity index (χ2n) is 4.21. The number of anilines is 1. The van der Waals surface area contributed by atoms with Gasteiger partial charge in [-0.1, -0.05) is 36.4 Å². The number of fused-ring (bicyclic) bond motifs is 1. The van der Waals surface area contributed by atoms with E-state index in [0.29, 0.717) is 6.01 Å². The number of hydrogen-bond donors (Lipinski definition) is 1. The van der Waals surface area contributed by atoms with Crippen molar-refractivity contribution in [2.45, 2.75) is 6.92 Å². The molecule has 0 aliphatic rings. The number of oxazole rings is 1. The highest BCUT2D eigenvalue weighted by molar-refractivity contribution is 5.82. The van der Waals surface area contributed by atoms with E-state index in [2.05, 4.69) is 15.5 Å². The molecule has 0 atom stereocenters. The summed E-state index contributed by atoms with van der Waals surface area (Å²) in [4.78, 5) is 4.27. The van der Waals surface area contributed by atoms with Crippen LogP contribution in [0, 0.1) is 6.92 Å². The summed E-state index contributed by atoms with van der Waals surface area (Å²) in [6, 6.07) is 16.0. The zero-order valence-electron chi connectivity index (χ0n) is 10.5. The summed E-state index contributed by atoms with van der Waals surface area (Å²) < 4.78 is 5.50. The molecular formula is C15H13N3O. The highest BCUT2D eigenvalue weighted by Gasteiger charge is 2.02. The third kappa shape index (κ3) is 2.47. The van der Waals surface area contributed by atoms with Gasteiger partial charge in [-0.3, -0.25) is 0 Å². The second kappa shape index (κ2) is 4.94. The summed E-state index contributed by atoms with van der Waals surface area (Å²) in [6.07, 6.45) is 1.75. The topological polar surface area (TPSA) is 50.4 Å². The van der Waals surface area contributed by atoms with Crippen molar-refractivity contribution in [3.63, 3.8) is 0 Å². The largest absolute Gasteiger partial charge is 0.422 e. The van der Waals surface area contributed by atoms with Crippen LogP contribution in [0.4, 0.5) is 6.01 Å². The average molecular weight is 251 g/mol. The molecule has 0 aliphatic carbocycles. The molecule has 4 heteroatoms. The first kappa shape index (κ1) is 11.5. The molecule has 0 spiro atoms. The van der Waals surface area contributed by atoms with E-state index in [1.165, 1.54) is 5.56 Å². The maximum absolute atomic E-state index is 5.50. The Balaban J connectivity index is 1.77. The number of nitrogens with zero attached hydrogens (tertiary/aromatic N) is 2. The number of hydrazone groups is 1. The molecule has 0 aliphatic heterocycles. The van der Waals surface area contributed by atoms with E-state index in [1.807, 2.05) is 55.5 Å². The van der Waals surface area contributed by atoms with Gasteiger partial charge < -0.3 is 4.42 Å². The molecule has 1 heterocycles. The van der Waals surface area contributed by atoms with Gasteiger partial charge in [0.2, 0.25) is 0 Å². The highest BCUT2D eigenvalue weighted by atomic mass is 16.4. The molecule has 0 fully saturated rings. The van der Waals surface area contributed by atoms with Gasteiger partial charge in [0, 0.05) is 0 Å². The minimum absolute atomic E-state index is 0.394. The third-order valence-corrected chi connectivity index (χ3v) is 2.85. The van der Waals surface area contributed by atoms with Gasteiger partial charge >= 0.3 is 6.01 Å². The maximum Gasteiger partial charge on any atom is 0.316 e. The van der Waals surface area contributed by atoms with Crippen molar-refractivity contribution in [3.8, 4) is 0 Å². The summed E-state index contributed by atoms with van der Waals surface area (Å²) in [5.74, 6) is 0. The number of nitrogens with one attached hydrogen (secondary N) is 1. The Morgan fingerprint density at radius 3 is 2.74 bits per heavy atom. The quantitative estimate of drug-likeness (QED) is 0.571. The van der Waals surface area contributed by atoms with Crippen LogP contribution in [0.25, 0.3) is 11.1 Å². The smallest absolute Gasteiger partial charge is 0.316 e. The number of hydrogen-bond acceptors (Lipinski definition) is 4. The third-order valence-electron chi connectivity index (χ3n) is 2.85. The normalized spacial score (nSPS) is 11.2. The number of rotatable bonds is 3. The van der Waals surface area contributed by atoms with Crippen LogP contribution in [0.3, 0.4) is 0 Å². The Kier molecular flexibility index (Phi) is 2.98. The standard InChI is InChI=1S/C15H13N3O/c1-11-6-2-3-7-12(11)10-16-18-15-17-13-8-4-5-9-14(13)19-15/h2-10H,1H3,(H,17,18)/b16-10+. The summed E-state index contributed by atoms with van der Waals surface area (Å²) in [6.45, 7) is 2.04. The minimum atomic E-state index is 0.394. The predicted molar refractivity (Wildman–Crippen MR) is 76.4 cm³/mol. The lowest BCUT2D eigenvalue weighted by atomic mass is 10.1. The van der Waals surface area contributed by atoms with Crippen molar-refractivity contribution < 1.29 is 4.42 Å². The van der Waals surface area contributed by atoms with Crippen LogP contribution in [0.1, 0.15) is 11.1 Å². The highest BCUT2D eigenvalue weighted by Crippen LogP contribution is 2.17. The lowest BCUT2D eigenvalue weighted by molar-refractivity contribution is 0.617. The zero-order valence-corrected chi connectivity index (χ0v) is 10.5. The van der Waals surface area contributed by atoms with Gasteiger partial charge in [-0.2, -0.15) is 10.1 Å². The predicted octanol–water partition coefficient (Wildman–Crippen LogP) is 3.58. The fourth-order valence-corrected chi connectivity index (χ4v) is 1.81. The van der Waals surface area contributed by atoms with Gasteiger partial charge in [-0.25, -0.2) is 5.43 Å². The summed E-state index contributed by atoms with van der Waals surface area (Å²) in [5.41, 5.74) is 6.60. The van der Waals surface area contributed by atoms with Crippen LogP contribution in [-0.4, -0.2) is 11.2 Å². The van der Waals surface area contributed by atoms with Gasteiger partial charge in [0.15, 0.2) is 5.58 Å². The first-order valence-electron chi connectivity index (χ1n) is 6.03. The summed E-state index contributed by atoms with van der Waals surface area (Å²) in [5, 5.41) is 4.14. The van der Waals surface area contributed by atoms with Crippen LogP contribution in [0.5, 0.6) is 0 Å². The maximum atomic E-state index is 5.50. The van der Waals surface area contributed by atoms with E-state index in [0.717, 1.165) is 16.7 Å². The van der Waals surface area contributed by atoms with Crippen LogP contribution in [0.2, 0.25) is 0 Å². The Bertz CT molecular complexity index is 698. The number of benzene rings is 2. The van der Waals surface area contributed by atoms with Crippen LogP contribution < -0.4 is 5.43 Å².